The van der Waals surface area contributed by atoms with Crippen LogP contribution in [0.15, 0.2) is 24.3 Å². The molecule has 0 aliphatic carbocycles. The number of benzene rings is 1. The van der Waals surface area contributed by atoms with Crippen molar-refractivity contribution >= 4 is 5.91 Å². The van der Waals surface area contributed by atoms with Gasteiger partial charge in [-0.05, 0) is 44.0 Å². The lowest BCUT2D eigenvalue weighted by atomic mass is 10.00. The van der Waals surface area contributed by atoms with E-state index in [9.17, 15) is 4.79 Å². The topological polar surface area (TPSA) is 59.6 Å². The van der Waals surface area contributed by atoms with Gasteiger partial charge in [0.1, 0.15) is 0 Å². The zero-order valence-electron chi connectivity index (χ0n) is 12.6. The van der Waals surface area contributed by atoms with Gasteiger partial charge in [0.15, 0.2) is 11.5 Å². The largest absolute Gasteiger partial charge is 0.493 e. The molecule has 5 heteroatoms. The first-order valence-electron chi connectivity index (χ1n) is 7.53. The summed E-state index contributed by atoms with van der Waals surface area (Å²) < 4.78 is 10.8. The highest BCUT2D eigenvalue weighted by molar-refractivity contribution is 5.76. The van der Waals surface area contributed by atoms with Crippen LogP contribution in [0.1, 0.15) is 19.3 Å². The van der Waals surface area contributed by atoms with Gasteiger partial charge in [0.05, 0.1) is 20.1 Å². The molecular weight excluding hydrogens is 268 g/mol. The summed E-state index contributed by atoms with van der Waals surface area (Å²) in [6, 6.07) is 7.44. The van der Waals surface area contributed by atoms with E-state index in [-0.39, 0.29) is 5.91 Å². The highest BCUT2D eigenvalue weighted by Gasteiger charge is 2.13. The van der Waals surface area contributed by atoms with Gasteiger partial charge in [0, 0.05) is 6.54 Å². The molecule has 0 bridgehead atoms. The van der Waals surface area contributed by atoms with Crippen LogP contribution in [0.25, 0.3) is 0 Å². The van der Waals surface area contributed by atoms with Crippen molar-refractivity contribution in [1.82, 2.24) is 10.6 Å². The third kappa shape index (κ3) is 5.27. The molecule has 21 heavy (non-hydrogen) atoms. The summed E-state index contributed by atoms with van der Waals surface area (Å²) >= 11 is 0. The number of amides is 1. The summed E-state index contributed by atoms with van der Waals surface area (Å²) in [6.45, 7) is 3.20. The van der Waals surface area contributed by atoms with Gasteiger partial charge < -0.3 is 20.1 Å². The Bertz CT molecular complexity index is 445. The average Bonchev–Trinajstić information content (AvgIpc) is 2.54. The summed E-state index contributed by atoms with van der Waals surface area (Å²) in [5.74, 6) is 1.95. The second kappa shape index (κ2) is 8.52. The lowest BCUT2D eigenvalue weighted by molar-refractivity contribution is -0.121. The van der Waals surface area contributed by atoms with Gasteiger partial charge in [0.2, 0.25) is 5.91 Å². The van der Waals surface area contributed by atoms with Crippen molar-refractivity contribution in [1.29, 1.82) is 0 Å². The van der Waals surface area contributed by atoms with Crippen molar-refractivity contribution in [3.63, 3.8) is 0 Å². The van der Waals surface area contributed by atoms with Gasteiger partial charge >= 0.3 is 0 Å². The number of ether oxygens (including phenoxy) is 2. The van der Waals surface area contributed by atoms with Gasteiger partial charge in [-0.1, -0.05) is 12.1 Å². The van der Waals surface area contributed by atoms with E-state index in [1.54, 1.807) is 7.11 Å². The second-order valence-electron chi connectivity index (χ2n) is 5.27. The first-order valence-corrected chi connectivity index (χ1v) is 7.53. The zero-order valence-corrected chi connectivity index (χ0v) is 12.6. The Morgan fingerprint density at radius 2 is 2.19 bits per heavy atom. The number of piperidine rings is 1. The number of hydrogen-bond acceptors (Lipinski definition) is 4. The summed E-state index contributed by atoms with van der Waals surface area (Å²) in [4.78, 5) is 11.8. The van der Waals surface area contributed by atoms with Crippen LogP contribution in [0.4, 0.5) is 0 Å². The van der Waals surface area contributed by atoms with E-state index in [4.69, 9.17) is 9.47 Å². The molecular formula is C16H24N2O3. The predicted molar refractivity (Wildman–Crippen MR) is 81.7 cm³/mol. The van der Waals surface area contributed by atoms with Gasteiger partial charge in [-0.25, -0.2) is 0 Å². The van der Waals surface area contributed by atoms with Crippen molar-refractivity contribution in [3.8, 4) is 11.5 Å². The predicted octanol–water partition coefficient (Wildman–Crippen LogP) is 1.58. The standard InChI is InChI=1S/C16H24N2O3/c1-20-14-6-2-3-7-15(14)21-10-8-16(19)18-12-13-5-4-9-17-11-13/h2-3,6-7,13,17H,4-5,8-12H2,1H3,(H,18,19). The Morgan fingerprint density at radius 3 is 2.90 bits per heavy atom. The molecule has 116 valence electrons. The summed E-state index contributed by atoms with van der Waals surface area (Å²) in [6.07, 6.45) is 2.74. The number of para-hydroxylation sites is 2. The molecule has 0 radical (unpaired) electrons. The third-order valence-electron chi connectivity index (χ3n) is 3.64. The molecule has 5 nitrogen and oxygen atoms in total. The van der Waals surface area contributed by atoms with Crippen LogP contribution in [0.5, 0.6) is 11.5 Å². The minimum atomic E-state index is 0.0375. The molecule has 1 amide bonds. The first kappa shape index (κ1) is 15.6. The summed E-state index contributed by atoms with van der Waals surface area (Å²) in [5.41, 5.74) is 0. The van der Waals surface area contributed by atoms with E-state index >= 15 is 0 Å². The van der Waals surface area contributed by atoms with Gasteiger partial charge in [0.25, 0.3) is 0 Å². The monoisotopic (exact) mass is 292 g/mol. The van der Waals surface area contributed by atoms with E-state index in [1.165, 1.54) is 12.8 Å². The van der Waals surface area contributed by atoms with E-state index in [1.807, 2.05) is 24.3 Å². The van der Waals surface area contributed by atoms with E-state index in [0.717, 1.165) is 19.6 Å². The summed E-state index contributed by atoms with van der Waals surface area (Å²) in [7, 11) is 1.60. The maximum absolute atomic E-state index is 11.8. The summed E-state index contributed by atoms with van der Waals surface area (Å²) in [5, 5.41) is 6.32. The van der Waals surface area contributed by atoms with Crippen LogP contribution >= 0.6 is 0 Å². The number of hydrogen-bond donors (Lipinski definition) is 2. The van der Waals surface area contributed by atoms with Gasteiger partial charge in [-0.3, -0.25) is 4.79 Å². The molecule has 1 unspecified atom stereocenters. The van der Waals surface area contributed by atoms with E-state index < -0.39 is 0 Å². The minimum Gasteiger partial charge on any atom is -0.493 e. The maximum Gasteiger partial charge on any atom is 0.223 e. The molecule has 2 N–H and O–H groups in total. The van der Waals surface area contributed by atoms with E-state index in [0.29, 0.717) is 30.4 Å². The fourth-order valence-corrected chi connectivity index (χ4v) is 2.44. The first-order chi connectivity index (χ1) is 10.3. The number of nitrogens with one attached hydrogen (secondary N) is 2. The maximum atomic E-state index is 11.8. The lowest BCUT2D eigenvalue weighted by Crippen LogP contribution is -2.38. The van der Waals surface area contributed by atoms with E-state index in [2.05, 4.69) is 10.6 Å². The fourth-order valence-electron chi connectivity index (χ4n) is 2.44. The van der Waals surface area contributed by atoms with Crippen molar-refractivity contribution in [2.24, 2.45) is 5.92 Å². The highest BCUT2D eigenvalue weighted by atomic mass is 16.5. The molecule has 1 aromatic rings. The van der Waals surface area contributed by atoms with Crippen LogP contribution in [0.2, 0.25) is 0 Å². The Balaban J connectivity index is 1.64. The normalized spacial score (nSPS) is 18.0. The number of carbonyl (C=O) groups excluding carboxylic acids is 1. The van der Waals surface area contributed by atoms with Crippen LogP contribution < -0.4 is 20.1 Å². The van der Waals surface area contributed by atoms with Crippen molar-refractivity contribution in [2.45, 2.75) is 19.3 Å². The molecule has 1 aromatic carbocycles. The molecule has 1 atom stereocenters. The molecule has 1 fully saturated rings. The van der Waals surface area contributed by atoms with Gasteiger partial charge in [-0.15, -0.1) is 0 Å². The SMILES string of the molecule is COc1ccccc1OCCC(=O)NCC1CCCNC1. The van der Waals surface area contributed by atoms with Crippen LogP contribution in [-0.2, 0) is 4.79 Å². The third-order valence-corrected chi connectivity index (χ3v) is 3.64. The molecule has 0 saturated carbocycles. The molecule has 0 aromatic heterocycles. The number of rotatable bonds is 7. The number of methoxy groups -OCH3 is 1. The zero-order chi connectivity index (χ0) is 14.9. The lowest BCUT2D eigenvalue weighted by Gasteiger charge is -2.22. The Kier molecular flexibility index (Phi) is 6.34. The molecule has 1 aliphatic rings. The number of carbonyl (C=O) groups is 1. The van der Waals surface area contributed by atoms with Crippen LogP contribution in [-0.4, -0.2) is 39.3 Å². The Labute approximate surface area is 126 Å². The second-order valence-corrected chi connectivity index (χ2v) is 5.27. The Morgan fingerprint density at radius 1 is 1.38 bits per heavy atom. The van der Waals surface area contributed by atoms with Crippen LogP contribution in [0, 0.1) is 5.92 Å². The minimum absolute atomic E-state index is 0.0375. The fraction of sp³-hybridized carbons (Fsp3) is 0.562. The molecule has 1 saturated heterocycles. The molecule has 1 heterocycles. The van der Waals surface area contributed by atoms with Crippen LogP contribution in [0.3, 0.4) is 0 Å². The van der Waals surface area contributed by atoms with Crippen molar-refractivity contribution in [2.75, 3.05) is 33.4 Å². The Hall–Kier alpha value is -1.75. The molecule has 0 spiro atoms. The molecule has 2 rings (SSSR count). The van der Waals surface area contributed by atoms with Crippen molar-refractivity contribution in [3.05, 3.63) is 24.3 Å². The molecule has 1 aliphatic heterocycles. The smallest absolute Gasteiger partial charge is 0.223 e. The average molecular weight is 292 g/mol. The van der Waals surface area contributed by atoms with Crippen molar-refractivity contribution < 1.29 is 14.3 Å². The quantitative estimate of drug-likeness (QED) is 0.801. The van der Waals surface area contributed by atoms with Gasteiger partial charge in [-0.2, -0.15) is 0 Å². The highest BCUT2D eigenvalue weighted by Crippen LogP contribution is 2.25.